The molecular weight excluding hydrogens is 374 g/mol. The first kappa shape index (κ1) is 18.9. The van der Waals surface area contributed by atoms with Crippen molar-refractivity contribution < 1.29 is 9.59 Å². The molecule has 0 aliphatic carbocycles. The molecule has 2 aliphatic heterocycles. The number of aromatic nitrogens is 2. The second-order valence-electron chi connectivity index (χ2n) is 7.45. The van der Waals surface area contributed by atoms with Gasteiger partial charge in [-0.25, -0.2) is 0 Å². The summed E-state index contributed by atoms with van der Waals surface area (Å²) in [4.78, 5) is 28.5. The molecule has 2 aliphatic rings. The highest BCUT2D eigenvalue weighted by Gasteiger charge is 2.30. The van der Waals surface area contributed by atoms with Crippen molar-refractivity contribution in [3.8, 4) is 0 Å². The van der Waals surface area contributed by atoms with E-state index >= 15 is 0 Å². The number of rotatable bonds is 5. The van der Waals surface area contributed by atoms with E-state index in [0.717, 1.165) is 43.0 Å². The number of anilines is 2. The van der Waals surface area contributed by atoms with E-state index in [4.69, 9.17) is 0 Å². The van der Waals surface area contributed by atoms with Crippen molar-refractivity contribution in [2.75, 3.05) is 29.4 Å². The zero-order valence-electron chi connectivity index (χ0n) is 16.1. The number of hydrogen-bond acceptors (Lipinski definition) is 6. The molecule has 2 fully saturated rings. The third kappa shape index (κ3) is 4.01. The molecule has 2 saturated heterocycles. The maximum atomic E-state index is 12.7. The van der Waals surface area contributed by atoms with E-state index in [1.807, 2.05) is 18.2 Å². The topological polar surface area (TPSA) is 78.4 Å². The number of nitrogens with zero attached hydrogens (tertiary/aromatic N) is 4. The summed E-state index contributed by atoms with van der Waals surface area (Å²) in [5.41, 5.74) is 2.33. The third-order valence-electron chi connectivity index (χ3n) is 5.49. The molecule has 1 atom stereocenters. The lowest BCUT2D eigenvalue weighted by atomic mass is 9.97. The predicted octanol–water partition coefficient (Wildman–Crippen LogP) is 2.51. The Bertz CT molecular complexity index is 868. The first-order valence-electron chi connectivity index (χ1n) is 9.83. The first-order valence-corrected chi connectivity index (χ1v) is 10.6. The molecule has 0 radical (unpaired) electrons. The summed E-state index contributed by atoms with van der Waals surface area (Å²) < 4.78 is 0. The molecular formula is C20H25N5O2S. The van der Waals surface area contributed by atoms with E-state index in [1.54, 1.807) is 4.90 Å². The van der Waals surface area contributed by atoms with Crippen LogP contribution in [-0.2, 0) is 16.1 Å². The summed E-state index contributed by atoms with van der Waals surface area (Å²) in [5, 5.41) is 13.1. The SMILES string of the molecule is Cc1ccccc1CNC(=O)[C@H]1CCCN(c2nnc(N3CCCC3=O)s2)C1. The summed E-state index contributed by atoms with van der Waals surface area (Å²) in [6, 6.07) is 8.11. The maximum Gasteiger partial charge on any atom is 0.228 e. The Hall–Kier alpha value is -2.48. The van der Waals surface area contributed by atoms with E-state index in [-0.39, 0.29) is 17.7 Å². The average molecular weight is 400 g/mol. The van der Waals surface area contributed by atoms with Gasteiger partial charge in [0.1, 0.15) is 0 Å². The first-order chi connectivity index (χ1) is 13.6. The van der Waals surface area contributed by atoms with Gasteiger partial charge in [-0.1, -0.05) is 35.6 Å². The summed E-state index contributed by atoms with van der Waals surface area (Å²) in [6.45, 7) is 4.84. The smallest absolute Gasteiger partial charge is 0.228 e. The van der Waals surface area contributed by atoms with Gasteiger partial charge in [0.25, 0.3) is 0 Å². The van der Waals surface area contributed by atoms with Crippen LogP contribution < -0.4 is 15.1 Å². The molecule has 3 heterocycles. The number of piperidine rings is 1. The summed E-state index contributed by atoms with van der Waals surface area (Å²) in [6.07, 6.45) is 3.29. The summed E-state index contributed by atoms with van der Waals surface area (Å²) >= 11 is 1.44. The third-order valence-corrected chi connectivity index (χ3v) is 6.49. The van der Waals surface area contributed by atoms with Crippen molar-refractivity contribution in [3.05, 3.63) is 35.4 Å². The minimum Gasteiger partial charge on any atom is -0.352 e. The number of carbonyl (C=O) groups is 2. The Balaban J connectivity index is 1.36. The highest BCUT2D eigenvalue weighted by molar-refractivity contribution is 7.19. The Labute approximate surface area is 168 Å². The van der Waals surface area contributed by atoms with Crippen LogP contribution in [0.25, 0.3) is 0 Å². The quantitative estimate of drug-likeness (QED) is 0.836. The van der Waals surface area contributed by atoms with Crippen LogP contribution in [0.3, 0.4) is 0 Å². The van der Waals surface area contributed by atoms with Gasteiger partial charge in [-0.15, -0.1) is 10.2 Å². The zero-order valence-corrected chi connectivity index (χ0v) is 16.9. The molecule has 148 valence electrons. The number of amides is 2. The van der Waals surface area contributed by atoms with E-state index in [1.165, 1.54) is 16.9 Å². The van der Waals surface area contributed by atoms with Crippen LogP contribution in [0.5, 0.6) is 0 Å². The molecule has 0 saturated carbocycles. The highest BCUT2D eigenvalue weighted by Crippen LogP contribution is 2.32. The van der Waals surface area contributed by atoms with Gasteiger partial charge in [0.05, 0.1) is 5.92 Å². The van der Waals surface area contributed by atoms with Crippen molar-refractivity contribution in [1.29, 1.82) is 0 Å². The summed E-state index contributed by atoms with van der Waals surface area (Å²) in [7, 11) is 0. The summed E-state index contributed by atoms with van der Waals surface area (Å²) in [5.74, 6) is 0.153. The Morgan fingerprint density at radius 3 is 2.82 bits per heavy atom. The van der Waals surface area contributed by atoms with Crippen LogP contribution in [-0.4, -0.2) is 41.6 Å². The van der Waals surface area contributed by atoms with Crippen LogP contribution in [0.2, 0.25) is 0 Å². The molecule has 1 N–H and O–H groups in total. The molecule has 1 aromatic heterocycles. The lowest BCUT2D eigenvalue weighted by Gasteiger charge is -2.31. The van der Waals surface area contributed by atoms with Gasteiger partial charge in [-0.05, 0) is 37.3 Å². The van der Waals surface area contributed by atoms with Gasteiger partial charge in [-0.3, -0.25) is 14.5 Å². The molecule has 0 unspecified atom stereocenters. The maximum absolute atomic E-state index is 12.7. The Kier molecular flexibility index (Phi) is 5.57. The Morgan fingerprint density at radius 2 is 2.04 bits per heavy atom. The number of carbonyl (C=O) groups excluding carboxylic acids is 2. The minimum atomic E-state index is -0.0569. The molecule has 0 bridgehead atoms. The number of nitrogens with one attached hydrogen (secondary N) is 1. The molecule has 0 spiro atoms. The van der Waals surface area contributed by atoms with E-state index in [0.29, 0.717) is 24.6 Å². The largest absolute Gasteiger partial charge is 0.352 e. The van der Waals surface area contributed by atoms with Crippen molar-refractivity contribution in [2.24, 2.45) is 5.92 Å². The van der Waals surface area contributed by atoms with Crippen LogP contribution in [0, 0.1) is 12.8 Å². The zero-order chi connectivity index (χ0) is 19.5. The lowest BCUT2D eigenvalue weighted by molar-refractivity contribution is -0.125. The number of hydrogen-bond donors (Lipinski definition) is 1. The van der Waals surface area contributed by atoms with Gasteiger partial charge >= 0.3 is 0 Å². The van der Waals surface area contributed by atoms with Crippen LogP contribution in [0.4, 0.5) is 10.3 Å². The van der Waals surface area contributed by atoms with Gasteiger partial charge in [0, 0.05) is 32.6 Å². The number of benzene rings is 1. The fourth-order valence-electron chi connectivity index (χ4n) is 3.80. The van der Waals surface area contributed by atoms with Crippen LogP contribution in [0.1, 0.15) is 36.8 Å². The van der Waals surface area contributed by atoms with Crippen molar-refractivity contribution in [2.45, 2.75) is 39.2 Å². The van der Waals surface area contributed by atoms with E-state index in [9.17, 15) is 9.59 Å². The van der Waals surface area contributed by atoms with Gasteiger partial charge in [0.15, 0.2) is 0 Å². The molecule has 2 amide bonds. The van der Waals surface area contributed by atoms with Crippen LogP contribution in [0.15, 0.2) is 24.3 Å². The van der Waals surface area contributed by atoms with Crippen molar-refractivity contribution >= 4 is 33.4 Å². The average Bonchev–Trinajstić information content (AvgIpc) is 3.36. The van der Waals surface area contributed by atoms with Crippen molar-refractivity contribution in [3.63, 3.8) is 0 Å². The molecule has 1 aromatic carbocycles. The molecule has 2 aromatic rings. The minimum absolute atomic E-state index is 0.0569. The Morgan fingerprint density at radius 1 is 1.21 bits per heavy atom. The molecule has 28 heavy (non-hydrogen) atoms. The van der Waals surface area contributed by atoms with E-state index in [2.05, 4.69) is 33.4 Å². The number of aryl methyl sites for hydroxylation is 1. The molecule has 8 heteroatoms. The van der Waals surface area contributed by atoms with Crippen LogP contribution >= 0.6 is 11.3 Å². The van der Waals surface area contributed by atoms with E-state index < -0.39 is 0 Å². The molecule has 7 nitrogen and oxygen atoms in total. The molecule has 4 rings (SSSR count). The van der Waals surface area contributed by atoms with Gasteiger partial charge in [-0.2, -0.15) is 0 Å². The van der Waals surface area contributed by atoms with Gasteiger partial charge in [0.2, 0.25) is 22.1 Å². The second kappa shape index (κ2) is 8.26. The fourth-order valence-corrected chi connectivity index (χ4v) is 4.72. The normalized spacial score (nSPS) is 19.9. The van der Waals surface area contributed by atoms with Gasteiger partial charge < -0.3 is 10.2 Å². The fraction of sp³-hybridized carbons (Fsp3) is 0.500. The van der Waals surface area contributed by atoms with Crippen molar-refractivity contribution in [1.82, 2.24) is 15.5 Å². The monoisotopic (exact) mass is 399 g/mol. The standard InChI is InChI=1S/C20H25N5O2S/c1-14-6-2-3-7-15(14)12-21-18(27)16-8-4-10-24(13-16)19-22-23-20(28-19)25-11-5-9-17(25)26/h2-3,6-7,16H,4-5,8-13H2,1H3,(H,21,27)/t16-/m0/s1. The predicted molar refractivity (Wildman–Crippen MR) is 109 cm³/mol. The second-order valence-corrected chi connectivity index (χ2v) is 8.38. The lowest BCUT2D eigenvalue weighted by Crippen LogP contribution is -2.43. The highest BCUT2D eigenvalue weighted by atomic mass is 32.1.